The Labute approximate surface area is 130 Å². The van der Waals surface area contributed by atoms with Crippen LogP contribution >= 0.6 is 27.5 Å². The van der Waals surface area contributed by atoms with Crippen molar-refractivity contribution in [2.24, 2.45) is 0 Å². The van der Waals surface area contributed by atoms with E-state index in [4.69, 9.17) is 11.6 Å². The second-order valence-electron chi connectivity index (χ2n) is 4.40. The molecule has 0 radical (unpaired) electrons. The molecule has 0 amide bonds. The van der Waals surface area contributed by atoms with E-state index in [1.54, 1.807) is 19.1 Å². The molecule has 1 aromatic carbocycles. The first-order chi connectivity index (χ1) is 9.51. The number of rotatable bonds is 4. The molecule has 20 heavy (non-hydrogen) atoms. The van der Waals surface area contributed by atoms with Crippen LogP contribution in [0.1, 0.15) is 24.7 Å². The molecule has 2 rings (SSSR count). The highest BCUT2D eigenvalue weighted by Gasteiger charge is 2.11. The van der Waals surface area contributed by atoms with Crippen molar-refractivity contribution < 1.29 is 4.39 Å². The molecule has 0 atom stereocenters. The molecule has 2 aromatic rings. The van der Waals surface area contributed by atoms with Crippen LogP contribution < -0.4 is 5.32 Å². The highest BCUT2D eigenvalue weighted by Crippen LogP contribution is 2.26. The lowest BCUT2D eigenvalue weighted by Crippen LogP contribution is -2.04. The third kappa shape index (κ3) is 3.46. The van der Waals surface area contributed by atoms with Crippen molar-refractivity contribution in [2.45, 2.75) is 26.7 Å². The molecule has 1 heterocycles. The van der Waals surface area contributed by atoms with Gasteiger partial charge in [0.15, 0.2) is 0 Å². The number of benzene rings is 1. The predicted molar refractivity (Wildman–Crippen MR) is 83.2 cm³/mol. The van der Waals surface area contributed by atoms with Crippen molar-refractivity contribution in [2.75, 3.05) is 5.32 Å². The molecule has 0 aliphatic heterocycles. The van der Waals surface area contributed by atoms with E-state index >= 15 is 0 Å². The molecule has 3 nitrogen and oxygen atoms in total. The number of hydrogen-bond donors (Lipinski definition) is 1. The quantitative estimate of drug-likeness (QED) is 0.778. The zero-order chi connectivity index (χ0) is 14.7. The Hall–Kier alpha value is -1.20. The number of halogens is 3. The number of hydrogen-bond acceptors (Lipinski definition) is 3. The van der Waals surface area contributed by atoms with Crippen molar-refractivity contribution in [3.05, 3.63) is 45.0 Å². The van der Waals surface area contributed by atoms with Crippen molar-refractivity contribution in [1.82, 2.24) is 9.97 Å². The van der Waals surface area contributed by atoms with Gasteiger partial charge in [-0.15, -0.1) is 0 Å². The molecule has 0 fully saturated rings. The number of nitrogens with one attached hydrogen (secondary N) is 1. The van der Waals surface area contributed by atoms with Crippen molar-refractivity contribution in [3.63, 3.8) is 0 Å². The van der Waals surface area contributed by atoms with Gasteiger partial charge in [0.1, 0.15) is 22.6 Å². The van der Waals surface area contributed by atoms with Gasteiger partial charge in [-0.25, -0.2) is 14.4 Å². The van der Waals surface area contributed by atoms with Gasteiger partial charge in [-0.05, 0) is 31.5 Å². The van der Waals surface area contributed by atoms with E-state index < -0.39 is 0 Å². The molecule has 0 bridgehead atoms. The maximum absolute atomic E-state index is 13.8. The summed E-state index contributed by atoms with van der Waals surface area (Å²) >= 11 is 9.32. The third-order valence-electron chi connectivity index (χ3n) is 2.79. The van der Waals surface area contributed by atoms with Crippen LogP contribution in [0.3, 0.4) is 0 Å². The molecule has 1 N–H and O–H groups in total. The second-order valence-corrected chi connectivity index (χ2v) is 5.68. The van der Waals surface area contributed by atoms with Crippen LogP contribution in [0.2, 0.25) is 5.15 Å². The standard InChI is InChI=1S/C14H14BrClFN3/c1-3-4-12-19-13(16)8(2)14(20-12)18-11-6-5-9(15)7-10(11)17/h5-7H,3-4H2,1-2H3,(H,18,19,20). The fourth-order valence-corrected chi connectivity index (χ4v) is 2.23. The topological polar surface area (TPSA) is 37.8 Å². The van der Waals surface area contributed by atoms with Gasteiger partial charge in [-0.3, -0.25) is 0 Å². The molecule has 0 saturated carbocycles. The van der Waals surface area contributed by atoms with Crippen LogP contribution in [-0.2, 0) is 6.42 Å². The van der Waals surface area contributed by atoms with Gasteiger partial charge < -0.3 is 5.32 Å². The number of aromatic nitrogens is 2. The molecule has 0 aliphatic rings. The van der Waals surface area contributed by atoms with E-state index in [1.807, 2.05) is 6.92 Å². The first-order valence-corrected chi connectivity index (χ1v) is 7.43. The highest BCUT2D eigenvalue weighted by molar-refractivity contribution is 9.10. The fourth-order valence-electron chi connectivity index (χ4n) is 1.71. The Bertz CT molecular complexity index is 634. The van der Waals surface area contributed by atoms with Crippen LogP contribution in [0.4, 0.5) is 15.9 Å². The van der Waals surface area contributed by atoms with Gasteiger partial charge in [0.05, 0.1) is 5.69 Å². The van der Waals surface area contributed by atoms with Crippen molar-refractivity contribution in [1.29, 1.82) is 0 Å². The van der Waals surface area contributed by atoms with Crippen LogP contribution in [0.5, 0.6) is 0 Å². The summed E-state index contributed by atoms with van der Waals surface area (Å²) in [6.07, 6.45) is 1.66. The number of aryl methyl sites for hydroxylation is 1. The zero-order valence-corrected chi connectivity index (χ0v) is 13.5. The average Bonchev–Trinajstić information content (AvgIpc) is 2.39. The smallest absolute Gasteiger partial charge is 0.147 e. The minimum Gasteiger partial charge on any atom is -0.337 e. The van der Waals surface area contributed by atoms with Crippen LogP contribution in [-0.4, -0.2) is 9.97 Å². The SMILES string of the molecule is CCCc1nc(Cl)c(C)c(Nc2ccc(Br)cc2F)n1. The summed E-state index contributed by atoms with van der Waals surface area (Å²) in [5.41, 5.74) is 1.06. The summed E-state index contributed by atoms with van der Waals surface area (Å²) in [5.74, 6) is 0.836. The summed E-state index contributed by atoms with van der Waals surface area (Å²) in [6, 6.07) is 4.80. The van der Waals surface area contributed by atoms with Gasteiger partial charge in [0.2, 0.25) is 0 Å². The van der Waals surface area contributed by atoms with Gasteiger partial charge in [-0.1, -0.05) is 34.5 Å². The molecule has 0 spiro atoms. The number of nitrogens with zero attached hydrogens (tertiary/aromatic N) is 2. The first kappa shape index (κ1) is 15.2. The average molecular weight is 359 g/mol. The molecule has 6 heteroatoms. The van der Waals surface area contributed by atoms with Crippen molar-refractivity contribution >= 4 is 39.0 Å². The molecule has 0 aliphatic carbocycles. The van der Waals surface area contributed by atoms with E-state index in [1.165, 1.54) is 6.07 Å². The minimum atomic E-state index is -0.356. The molecule has 106 valence electrons. The second kappa shape index (κ2) is 6.50. The Morgan fingerprint density at radius 2 is 2.10 bits per heavy atom. The Balaban J connectivity index is 2.37. The zero-order valence-electron chi connectivity index (χ0n) is 11.2. The predicted octanol–water partition coefficient (Wildman–Crippen LogP) is 5.04. The molecular formula is C14H14BrClFN3. The van der Waals surface area contributed by atoms with Gasteiger partial charge in [-0.2, -0.15) is 0 Å². The van der Waals surface area contributed by atoms with E-state index in [0.717, 1.165) is 12.8 Å². The Kier molecular flexibility index (Phi) is 4.94. The number of anilines is 2. The molecule has 1 aromatic heterocycles. The van der Waals surface area contributed by atoms with Gasteiger partial charge in [0, 0.05) is 16.5 Å². The highest BCUT2D eigenvalue weighted by atomic mass is 79.9. The third-order valence-corrected chi connectivity index (χ3v) is 3.65. The summed E-state index contributed by atoms with van der Waals surface area (Å²) < 4.78 is 14.5. The van der Waals surface area contributed by atoms with Crippen LogP contribution in [0.15, 0.2) is 22.7 Å². The molecule has 0 unspecified atom stereocenters. The Morgan fingerprint density at radius 3 is 2.75 bits per heavy atom. The van der Waals surface area contributed by atoms with Crippen molar-refractivity contribution in [3.8, 4) is 0 Å². The lowest BCUT2D eigenvalue weighted by Gasteiger charge is -2.12. The normalized spacial score (nSPS) is 10.7. The maximum Gasteiger partial charge on any atom is 0.147 e. The summed E-state index contributed by atoms with van der Waals surface area (Å²) in [5, 5.41) is 3.37. The van der Waals surface area contributed by atoms with Crippen LogP contribution in [0.25, 0.3) is 0 Å². The van der Waals surface area contributed by atoms with Gasteiger partial charge >= 0.3 is 0 Å². The lowest BCUT2D eigenvalue weighted by molar-refractivity contribution is 0.631. The summed E-state index contributed by atoms with van der Waals surface area (Å²) in [7, 11) is 0. The fraction of sp³-hybridized carbons (Fsp3) is 0.286. The van der Waals surface area contributed by atoms with Crippen LogP contribution in [0, 0.1) is 12.7 Å². The minimum absolute atomic E-state index is 0.355. The first-order valence-electron chi connectivity index (χ1n) is 6.26. The summed E-state index contributed by atoms with van der Waals surface area (Å²) in [4.78, 5) is 8.61. The van der Waals surface area contributed by atoms with E-state index in [9.17, 15) is 4.39 Å². The van der Waals surface area contributed by atoms with E-state index in [-0.39, 0.29) is 5.82 Å². The van der Waals surface area contributed by atoms with E-state index in [2.05, 4.69) is 31.2 Å². The molecule has 0 saturated heterocycles. The van der Waals surface area contributed by atoms with Gasteiger partial charge in [0.25, 0.3) is 0 Å². The summed E-state index contributed by atoms with van der Waals surface area (Å²) in [6.45, 7) is 3.84. The Morgan fingerprint density at radius 1 is 1.35 bits per heavy atom. The molecular weight excluding hydrogens is 345 g/mol. The lowest BCUT2D eigenvalue weighted by atomic mass is 10.2. The maximum atomic E-state index is 13.8. The largest absolute Gasteiger partial charge is 0.337 e. The monoisotopic (exact) mass is 357 g/mol. The van der Waals surface area contributed by atoms with E-state index in [0.29, 0.717) is 32.5 Å².